The fourth-order valence-corrected chi connectivity index (χ4v) is 5.65. The Morgan fingerprint density at radius 1 is 1.03 bits per heavy atom. The highest BCUT2D eigenvalue weighted by atomic mass is 32.1. The lowest BCUT2D eigenvalue weighted by Crippen LogP contribution is -2.38. The van der Waals surface area contributed by atoms with E-state index in [1.807, 2.05) is 52.9 Å². The van der Waals surface area contributed by atoms with Crippen LogP contribution in [0.4, 0.5) is 5.69 Å². The standard InChI is InChI=1S/C30H30N4O2S/c1-21-8-11-23(12-9-21)25-6-2-3-7-26(25)32-29(36)27-20-37-30(33-27)24-14-17-34(18-15-24)28(35)13-10-22-5-4-16-31-19-22/h2-9,11-12,16,19-20,24H,10,13-15,17-18H2,1H3,(H,32,36). The van der Waals surface area contributed by atoms with Gasteiger partial charge in [0.15, 0.2) is 0 Å². The van der Waals surface area contributed by atoms with Gasteiger partial charge in [-0.3, -0.25) is 14.6 Å². The van der Waals surface area contributed by atoms with Crippen LogP contribution in [-0.2, 0) is 11.2 Å². The quantitative estimate of drug-likeness (QED) is 0.326. The number of carbonyl (C=O) groups is 2. The largest absolute Gasteiger partial charge is 0.343 e. The van der Waals surface area contributed by atoms with E-state index >= 15 is 0 Å². The zero-order valence-electron chi connectivity index (χ0n) is 20.9. The number of thiazole rings is 1. The molecule has 0 bridgehead atoms. The third-order valence-electron chi connectivity index (χ3n) is 6.84. The van der Waals surface area contributed by atoms with Crippen molar-refractivity contribution in [1.82, 2.24) is 14.9 Å². The maximum atomic E-state index is 13.1. The molecule has 1 aliphatic rings. The minimum Gasteiger partial charge on any atom is -0.343 e. The number of benzene rings is 2. The van der Waals surface area contributed by atoms with Gasteiger partial charge < -0.3 is 10.2 Å². The molecule has 5 rings (SSSR count). The van der Waals surface area contributed by atoms with Gasteiger partial charge in [0.2, 0.25) is 5.91 Å². The second kappa shape index (κ2) is 11.5. The van der Waals surface area contributed by atoms with Gasteiger partial charge in [-0.2, -0.15) is 0 Å². The number of nitrogens with one attached hydrogen (secondary N) is 1. The lowest BCUT2D eigenvalue weighted by molar-refractivity contribution is -0.132. The highest BCUT2D eigenvalue weighted by Crippen LogP contribution is 2.32. The number of rotatable bonds is 7. The first-order valence-corrected chi connectivity index (χ1v) is 13.5. The van der Waals surface area contributed by atoms with E-state index in [0.717, 1.165) is 53.3 Å². The van der Waals surface area contributed by atoms with Crippen molar-refractivity contribution in [2.24, 2.45) is 0 Å². The third kappa shape index (κ3) is 6.12. The predicted molar refractivity (Wildman–Crippen MR) is 148 cm³/mol. The predicted octanol–water partition coefficient (Wildman–Crippen LogP) is 6.10. The van der Waals surface area contributed by atoms with Crippen LogP contribution in [0.2, 0.25) is 0 Å². The molecule has 0 radical (unpaired) electrons. The summed E-state index contributed by atoms with van der Waals surface area (Å²) in [5.74, 6) is 0.257. The summed E-state index contributed by atoms with van der Waals surface area (Å²) in [7, 11) is 0. The first-order chi connectivity index (χ1) is 18.1. The minimum absolute atomic E-state index is 0.189. The Hall–Kier alpha value is -3.84. The Bertz CT molecular complexity index is 1360. The second-order valence-electron chi connectivity index (χ2n) is 9.45. The van der Waals surface area contributed by atoms with E-state index in [4.69, 9.17) is 0 Å². The molecule has 37 heavy (non-hydrogen) atoms. The maximum absolute atomic E-state index is 13.1. The van der Waals surface area contributed by atoms with Gasteiger partial charge in [-0.1, -0.05) is 54.1 Å². The Morgan fingerprint density at radius 2 is 1.81 bits per heavy atom. The zero-order valence-corrected chi connectivity index (χ0v) is 21.7. The summed E-state index contributed by atoms with van der Waals surface area (Å²) >= 11 is 1.53. The Kier molecular flexibility index (Phi) is 7.70. The summed E-state index contributed by atoms with van der Waals surface area (Å²) in [4.78, 5) is 36.5. The van der Waals surface area contributed by atoms with Crippen LogP contribution in [0.1, 0.15) is 51.8 Å². The third-order valence-corrected chi connectivity index (χ3v) is 7.85. The maximum Gasteiger partial charge on any atom is 0.275 e. The van der Waals surface area contributed by atoms with Crippen molar-refractivity contribution in [2.45, 2.75) is 38.5 Å². The van der Waals surface area contributed by atoms with Gasteiger partial charge in [0.25, 0.3) is 5.91 Å². The van der Waals surface area contributed by atoms with Crippen molar-refractivity contribution >= 4 is 28.8 Å². The fraction of sp³-hybridized carbons (Fsp3) is 0.267. The number of carbonyl (C=O) groups excluding carboxylic acids is 2. The molecule has 1 aliphatic heterocycles. The van der Waals surface area contributed by atoms with Crippen LogP contribution in [0.3, 0.4) is 0 Å². The molecule has 0 spiro atoms. The van der Waals surface area contributed by atoms with E-state index in [0.29, 0.717) is 18.5 Å². The molecule has 7 heteroatoms. The molecule has 3 heterocycles. The highest BCUT2D eigenvalue weighted by Gasteiger charge is 2.26. The van der Waals surface area contributed by atoms with Crippen LogP contribution < -0.4 is 5.32 Å². The Morgan fingerprint density at radius 3 is 2.57 bits per heavy atom. The van der Waals surface area contributed by atoms with Crippen LogP contribution in [0, 0.1) is 6.92 Å². The summed E-state index contributed by atoms with van der Waals surface area (Å²) < 4.78 is 0. The Balaban J connectivity index is 1.17. The van der Waals surface area contributed by atoms with E-state index in [2.05, 4.69) is 46.5 Å². The summed E-state index contributed by atoms with van der Waals surface area (Å²) in [6, 6.07) is 20.0. The molecule has 1 fully saturated rings. The summed E-state index contributed by atoms with van der Waals surface area (Å²) in [6.07, 6.45) is 6.50. The number of para-hydroxylation sites is 1. The van der Waals surface area contributed by atoms with E-state index in [9.17, 15) is 9.59 Å². The number of amides is 2. The summed E-state index contributed by atoms with van der Waals surface area (Å²) in [6.45, 7) is 3.51. The number of aromatic nitrogens is 2. The number of nitrogens with zero attached hydrogens (tertiary/aromatic N) is 3. The summed E-state index contributed by atoms with van der Waals surface area (Å²) in [5.41, 5.74) is 5.52. The molecule has 0 saturated carbocycles. The van der Waals surface area contributed by atoms with Gasteiger partial charge in [-0.05, 0) is 49.4 Å². The number of likely N-dealkylation sites (tertiary alicyclic amines) is 1. The molecule has 188 valence electrons. The van der Waals surface area contributed by atoms with Gasteiger partial charge in [0, 0.05) is 54.5 Å². The molecule has 2 amide bonds. The van der Waals surface area contributed by atoms with E-state index in [-0.39, 0.29) is 17.7 Å². The fourth-order valence-electron chi connectivity index (χ4n) is 4.67. The van der Waals surface area contributed by atoms with Gasteiger partial charge in [-0.25, -0.2) is 4.98 Å². The second-order valence-corrected chi connectivity index (χ2v) is 10.3. The van der Waals surface area contributed by atoms with Crippen LogP contribution in [0.15, 0.2) is 78.4 Å². The minimum atomic E-state index is -0.204. The number of hydrogen-bond acceptors (Lipinski definition) is 5. The number of aryl methyl sites for hydroxylation is 2. The van der Waals surface area contributed by atoms with Crippen LogP contribution in [-0.4, -0.2) is 39.8 Å². The van der Waals surface area contributed by atoms with Crippen molar-refractivity contribution in [3.63, 3.8) is 0 Å². The smallest absolute Gasteiger partial charge is 0.275 e. The van der Waals surface area contributed by atoms with Crippen molar-refractivity contribution in [1.29, 1.82) is 0 Å². The van der Waals surface area contributed by atoms with Crippen molar-refractivity contribution in [3.8, 4) is 11.1 Å². The number of pyridine rings is 1. The van der Waals surface area contributed by atoms with Crippen molar-refractivity contribution in [2.75, 3.05) is 18.4 Å². The SMILES string of the molecule is Cc1ccc(-c2ccccc2NC(=O)c2csc(C3CCN(C(=O)CCc4cccnc4)CC3)n2)cc1. The number of hydrogen-bond donors (Lipinski definition) is 1. The average molecular weight is 511 g/mol. The zero-order chi connectivity index (χ0) is 25.6. The van der Waals surface area contributed by atoms with E-state index in [1.165, 1.54) is 16.9 Å². The molecule has 0 atom stereocenters. The van der Waals surface area contributed by atoms with Gasteiger partial charge in [0.1, 0.15) is 5.69 Å². The lowest BCUT2D eigenvalue weighted by Gasteiger charge is -2.31. The number of piperidine rings is 1. The van der Waals surface area contributed by atoms with Gasteiger partial charge >= 0.3 is 0 Å². The van der Waals surface area contributed by atoms with Gasteiger partial charge in [-0.15, -0.1) is 11.3 Å². The van der Waals surface area contributed by atoms with Crippen LogP contribution in [0.25, 0.3) is 11.1 Å². The molecule has 6 nitrogen and oxygen atoms in total. The molecule has 0 unspecified atom stereocenters. The van der Waals surface area contributed by atoms with Crippen molar-refractivity contribution in [3.05, 3.63) is 100 Å². The molecule has 4 aromatic rings. The van der Waals surface area contributed by atoms with Crippen LogP contribution >= 0.6 is 11.3 Å². The molecule has 1 N–H and O–H groups in total. The average Bonchev–Trinajstić information content (AvgIpc) is 3.44. The molecule has 2 aromatic heterocycles. The van der Waals surface area contributed by atoms with Crippen molar-refractivity contribution < 1.29 is 9.59 Å². The van der Waals surface area contributed by atoms with Gasteiger partial charge in [0.05, 0.1) is 5.01 Å². The monoisotopic (exact) mass is 510 g/mol. The highest BCUT2D eigenvalue weighted by molar-refractivity contribution is 7.10. The molecular weight excluding hydrogens is 480 g/mol. The lowest BCUT2D eigenvalue weighted by atomic mass is 9.97. The first kappa shape index (κ1) is 24.8. The molecular formula is C30H30N4O2S. The molecule has 2 aromatic carbocycles. The van der Waals surface area contributed by atoms with E-state index < -0.39 is 0 Å². The topological polar surface area (TPSA) is 75.2 Å². The van der Waals surface area contributed by atoms with E-state index in [1.54, 1.807) is 6.20 Å². The first-order valence-electron chi connectivity index (χ1n) is 12.7. The Labute approximate surface area is 221 Å². The number of anilines is 1. The normalized spacial score (nSPS) is 13.9. The van der Waals surface area contributed by atoms with Crippen LogP contribution in [0.5, 0.6) is 0 Å². The molecule has 0 aliphatic carbocycles. The summed E-state index contributed by atoms with van der Waals surface area (Å²) in [5, 5.41) is 5.86. The molecule has 1 saturated heterocycles.